The van der Waals surface area contributed by atoms with Crippen LogP contribution in [0.4, 0.5) is 0 Å². The Kier molecular flexibility index (Phi) is 2.62. The van der Waals surface area contributed by atoms with Crippen LogP contribution in [0.2, 0.25) is 0 Å². The molecule has 2 aromatic heterocycles. The summed E-state index contributed by atoms with van der Waals surface area (Å²) in [5.74, 6) is 1.76. The number of methoxy groups -OCH3 is 1. The Balaban J connectivity index is 2.35. The fourth-order valence-corrected chi connectivity index (χ4v) is 2.09. The van der Waals surface area contributed by atoms with Gasteiger partial charge in [-0.15, -0.1) is 0 Å². The summed E-state index contributed by atoms with van der Waals surface area (Å²) in [7, 11) is 1.63. The second kappa shape index (κ2) is 4.42. The van der Waals surface area contributed by atoms with E-state index in [0.717, 1.165) is 16.5 Å². The van der Waals surface area contributed by atoms with Crippen molar-refractivity contribution in [3.63, 3.8) is 0 Å². The van der Waals surface area contributed by atoms with Gasteiger partial charge >= 0.3 is 0 Å². The van der Waals surface area contributed by atoms with E-state index < -0.39 is 0 Å². The lowest BCUT2D eigenvalue weighted by atomic mass is 10.1. The summed E-state index contributed by atoms with van der Waals surface area (Å²) >= 11 is 0. The highest BCUT2D eigenvalue weighted by Gasteiger charge is 2.11. The zero-order valence-corrected chi connectivity index (χ0v) is 10.2. The van der Waals surface area contributed by atoms with Crippen molar-refractivity contribution in [3.8, 4) is 17.6 Å². The molecule has 0 atom stereocenters. The molecule has 0 N–H and O–H groups in total. The summed E-state index contributed by atoms with van der Waals surface area (Å²) in [6, 6.07) is 9.68. The van der Waals surface area contributed by atoms with Crippen LogP contribution in [0.1, 0.15) is 5.82 Å². The fourth-order valence-electron chi connectivity index (χ4n) is 2.09. The average Bonchev–Trinajstić information content (AvgIpc) is 2.94. The number of pyridine rings is 1. The van der Waals surface area contributed by atoms with Gasteiger partial charge in [0.15, 0.2) is 0 Å². The molecule has 5 heteroatoms. The topological polar surface area (TPSA) is 63.7 Å². The van der Waals surface area contributed by atoms with Crippen molar-refractivity contribution in [1.82, 2.24) is 14.5 Å². The van der Waals surface area contributed by atoms with E-state index in [1.165, 1.54) is 0 Å². The maximum atomic E-state index is 9.06. The van der Waals surface area contributed by atoms with E-state index >= 15 is 0 Å². The molecule has 19 heavy (non-hydrogen) atoms. The molecule has 0 aliphatic rings. The molecule has 0 aliphatic carbocycles. The maximum Gasteiger partial charge on any atom is 0.218 e. The number of imidazole rings is 1. The summed E-state index contributed by atoms with van der Waals surface area (Å²) in [5.41, 5.74) is 0. The summed E-state index contributed by atoms with van der Waals surface area (Å²) in [5, 5.41) is 10.9. The van der Waals surface area contributed by atoms with E-state index in [1.807, 2.05) is 30.3 Å². The van der Waals surface area contributed by atoms with Gasteiger partial charge in [0.1, 0.15) is 17.6 Å². The lowest BCUT2D eigenvalue weighted by molar-refractivity contribution is 0.420. The number of hydrogen-bond donors (Lipinski definition) is 0. The number of hydrogen-bond acceptors (Lipinski definition) is 4. The minimum atomic E-state index is 0.308. The molecule has 0 fully saturated rings. The number of nitrogens with zero attached hydrogens (tertiary/aromatic N) is 4. The molecule has 0 aliphatic heterocycles. The Morgan fingerprint density at radius 1 is 1.16 bits per heavy atom. The second-order valence-electron chi connectivity index (χ2n) is 3.92. The van der Waals surface area contributed by atoms with Crippen LogP contribution in [0.15, 0.2) is 42.9 Å². The van der Waals surface area contributed by atoms with Gasteiger partial charge in [0.2, 0.25) is 5.82 Å². The first-order chi connectivity index (χ1) is 9.35. The number of benzene rings is 1. The summed E-state index contributed by atoms with van der Waals surface area (Å²) in [4.78, 5) is 8.34. The molecule has 2 heterocycles. The molecule has 0 radical (unpaired) electrons. The summed E-state index contributed by atoms with van der Waals surface area (Å²) in [6.07, 6.45) is 5.00. The highest BCUT2D eigenvalue weighted by atomic mass is 16.5. The van der Waals surface area contributed by atoms with Crippen LogP contribution < -0.4 is 4.74 Å². The maximum absolute atomic E-state index is 9.06. The first kappa shape index (κ1) is 11.2. The van der Waals surface area contributed by atoms with Gasteiger partial charge in [-0.1, -0.05) is 12.1 Å². The SMILES string of the molecule is COc1cccc2c(-n3ccnc3C#N)nccc12. The van der Waals surface area contributed by atoms with E-state index in [4.69, 9.17) is 10.00 Å². The molecule has 3 aromatic rings. The molecule has 0 amide bonds. The van der Waals surface area contributed by atoms with E-state index in [-0.39, 0.29) is 0 Å². The Morgan fingerprint density at radius 2 is 2.05 bits per heavy atom. The van der Waals surface area contributed by atoms with Crippen LogP contribution in [0.5, 0.6) is 5.75 Å². The number of aromatic nitrogens is 3. The zero-order chi connectivity index (χ0) is 13.2. The van der Waals surface area contributed by atoms with Gasteiger partial charge in [-0.3, -0.25) is 4.57 Å². The lowest BCUT2D eigenvalue weighted by Crippen LogP contribution is -2.00. The van der Waals surface area contributed by atoms with E-state index in [9.17, 15) is 0 Å². The average molecular weight is 250 g/mol. The Hall–Kier alpha value is -2.87. The van der Waals surface area contributed by atoms with Gasteiger partial charge in [0.05, 0.1) is 7.11 Å². The number of nitriles is 1. The third-order valence-electron chi connectivity index (χ3n) is 2.93. The van der Waals surface area contributed by atoms with Gasteiger partial charge in [-0.05, 0) is 12.1 Å². The first-order valence-electron chi connectivity index (χ1n) is 5.70. The lowest BCUT2D eigenvalue weighted by Gasteiger charge is -2.09. The molecule has 0 saturated heterocycles. The van der Waals surface area contributed by atoms with Crippen LogP contribution in [0.3, 0.4) is 0 Å². The minimum absolute atomic E-state index is 0.308. The van der Waals surface area contributed by atoms with E-state index in [1.54, 1.807) is 30.3 Å². The zero-order valence-electron chi connectivity index (χ0n) is 10.2. The van der Waals surface area contributed by atoms with Crippen molar-refractivity contribution >= 4 is 10.8 Å². The molecule has 92 valence electrons. The first-order valence-corrected chi connectivity index (χ1v) is 5.70. The van der Waals surface area contributed by atoms with Crippen molar-refractivity contribution in [2.75, 3.05) is 7.11 Å². The van der Waals surface area contributed by atoms with Gasteiger partial charge in [0, 0.05) is 29.4 Å². The van der Waals surface area contributed by atoms with E-state index in [0.29, 0.717) is 11.6 Å². The number of ether oxygens (including phenoxy) is 1. The largest absolute Gasteiger partial charge is 0.496 e. The number of rotatable bonds is 2. The summed E-state index contributed by atoms with van der Waals surface area (Å²) < 4.78 is 7.01. The van der Waals surface area contributed by atoms with Crippen LogP contribution in [0.25, 0.3) is 16.6 Å². The van der Waals surface area contributed by atoms with Crippen LogP contribution in [0, 0.1) is 11.3 Å². The Morgan fingerprint density at radius 3 is 2.84 bits per heavy atom. The fraction of sp³-hybridized carbons (Fsp3) is 0.0714. The normalized spacial score (nSPS) is 10.3. The van der Waals surface area contributed by atoms with Gasteiger partial charge in [-0.25, -0.2) is 9.97 Å². The minimum Gasteiger partial charge on any atom is -0.496 e. The van der Waals surface area contributed by atoms with Crippen molar-refractivity contribution in [2.24, 2.45) is 0 Å². The van der Waals surface area contributed by atoms with Gasteiger partial charge < -0.3 is 4.74 Å². The molecule has 0 bridgehead atoms. The van der Waals surface area contributed by atoms with E-state index in [2.05, 4.69) is 9.97 Å². The Bertz CT molecular complexity index is 785. The number of fused-ring (bicyclic) bond motifs is 1. The monoisotopic (exact) mass is 250 g/mol. The predicted octanol–water partition coefficient (Wildman–Crippen LogP) is 2.30. The van der Waals surface area contributed by atoms with Crippen LogP contribution >= 0.6 is 0 Å². The molecule has 5 nitrogen and oxygen atoms in total. The highest BCUT2D eigenvalue weighted by Crippen LogP contribution is 2.28. The second-order valence-corrected chi connectivity index (χ2v) is 3.92. The molecular weight excluding hydrogens is 240 g/mol. The van der Waals surface area contributed by atoms with Crippen LogP contribution in [-0.4, -0.2) is 21.6 Å². The van der Waals surface area contributed by atoms with Crippen molar-refractivity contribution in [3.05, 3.63) is 48.7 Å². The Labute approximate surface area is 109 Å². The third-order valence-corrected chi connectivity index (χ3v) is 2.93. The molecule has 3 rings (SSSR count). The van der Waals surface area contributed by atoms with Crippen molar-refractivity contribution in [1.29, 1.82) is 5.26 Å². The summed E-state index contributed by atoms with van der Waals surface area (Å²) in [6.45, 7) is 0. The van der Waals surface area contributed by atoms with Gasteiger partial charge in [0.25, 0.3) is 0 Å². The molecule has 0 unspecified atom stereocenters. The highest BCUT2D eigenvalue weighted by molar-refractivity contribution is 5.93. The molecule has 0 spiro atoms. The third kappa shape index (κ3) is 1.70. The smallest absolute Gasteiger partial charge is 0.218 e. The molecular formula is C14H10N4O. The van der Waals surface area contributed by atoms with Crippen molar-refractivity contribution in [2.45, 2.75) is 0 Å². The van der Waals surface area contributed by atoms with Crippen LogP contribution in [-0.2, 0) is 0 Å². The quantitative estimate of drug-likeness (QED) is 0.700. The van der Waals surface area contributed by atoms with Crippen molar-refractivity contribution < 1.29 is 4.74 Å². The standard InChI is InChI=1S/C14H10N4O/c1-19-12-4-2-3-11-10(12)5-6-17-14(11)18-8-7-16-13(18)9-15/h2-8H,1H3. The molecule has 0 saturated carbocycles. The molecule has 1 aromatic carbocycles. The predicted molar refractivity (Wildman–Crippen MR) is 70.1 cm³/mol. The van der Waals surface area contributed by atoms with Gasteiger partial charge in [-0.2, -0.15) is 5.26 Å².